The van der Waals surface area contributed by atoms with Crippen molar-refractivity contribution in [3.8, 4) is 0 Å². The van der Waals surface area contributed by atoms with Crippen LogP contribution in [-0.4, -0.2) is 49.7 Å². The highest BCUT2D eigenvalue weighted by atomic mass is 16.5. The quantitative estimate of drug-likeness (QED) is 0.698. The van der Waals surface area contributed by atoms with Crippen LogP contribution in [0, 0.1) is 0 Å². The maximum atomic E-state index is 5.72. The number of guanidine groups is 1. The topological polar surface area (TPSA) is 36.9 Å². The highest BCUT2D eigenvalue weighted by Crippen LogP contribution is 2.18. The number of aliphatic imine (C=N–C) groups is 1. The molecule has 1 N–H and O–H groups in total. The van der Waals surface area contributed by atoms with Gasteiger partial charge < -0.3 is 15.0 Å². The van der Waals surface area contributed by atoms with E-state index in [1.807, 2.05) is 0 Å². The second-order valence-corrected chi connectivity index (χ2v) is 4.15. The first-order chi connectivity index (χ1) is 6.75. The Morgan fingerprint density at radius 3 is 3.00 bits per heavy atom. The molecule has 0 aromatic heterocycles. The van der Waals surface area contributed by atoms with E-state index in [1.165, 1.54) is 12.8 Å². The average Bonchev–Trinajstić information content (AvgIpc) is 2.72. The van der Waals surface area contributed by atoms with Crippen LogP contribution in [0.3, 0.4) is 0 Å². The molecule has 0 aromatic carbocycles. The van der Waals surface area contributed by atoms with Crippen LogP contribution in [0.1, 0.15) is 19.8 Å². The van der Waals surface area contributed by atoms with E-state index in [-0.39, 0.29) is 0 Å². The normalized spacial score (nSPS) is 32.1. The Labute approximate surface area is 85.3 Å². The molecule has 2 heterocycles. The largest absolute Gasteiger partial charge is 0.373 e. The molecule has 0 bridgehead atoms. The third-order valence-corrected chi connectivity index (χ3v) is 2.87. The Morgan fingerprint density at radius 2 is 2.43 bits per heavy atom. The molecule has 0 aromatic rings. The second kappa shape index (κ2) is 4.17. The van der Waals surface area contributed by atoms with Crippen LogP contribution >= 0.6 is 0 Å². The Morgan fingerprint density at radius 1 is 1.57 bits per heavy atom. The Kier molecular flexibility index (Phi) is 2.91. The predicted octanol–water partition coefficient (Wildman–Crippen LogP) is 0.445. The molecule has 2 aliphatic rings. The van der Waals surface area contributed by atoms with Gasteiger partial charge in [-0.05, 0) is 19.8 Å². The van der Waals surface area contributed by atoms with Crippen molar-refractivity contribution in [2.45, 2.75) is 32.0 Å². The van der Waals surface area contributed by atoms with Gasteiger partial charge in [0.1, 0.15) is 0 Å². The molecular weight excluding hydrogens is 178 g/mol. The zero-order valence-corrected chi connectivity index (χ0v) is 8.99. The molecule has 4 nitrogen and oxygen atoms in total. The highest BCUT2D eigenvalue weighted by molar-refractivity contribution is 5.81. The summed E-state index contributed by atoms with van der Waals surface area (Å²) in [5.74, 6) is 1.02. The number of likely N-dealkylation sites (N-methyl/N-ethyl adjacent to an activating group) is 1. The average molecular weight is 197 g/mol. The molecule has 0 aliphatic carbocycles. The number of rotatable bonds is 2. The van der Waals surface area contributed by atoms with E-state index in [4.69, 9.17) is 4.74 Å². The van der Waals surface area contributed by atoms with Crippen molar-refractivity contribution in [3.63, 3.8) is 0 Å². The van der Waals surface area contributed by atoms with E-state index in [0.717, 1.165) is 25.6 Å². The molecule has 80 valence electrons. The van der Waals surface area contributed by atoms with Gasteiger partial charge in [-0.1, -0.05) is 0 Å². The van der Waals surface area contributed by atoms with Gasteiger partial charge in [-0.25, -0.2) is 0 Å². The van der Waals surface area contributed by atoms with Crippen molar-refractivity contribution in [2.75, 3.05) is 26.7 Å². The summed E-state index contributed by atoms with van der Waals surface area (Å²) in [7, 11) is 2.07. The first-order valence-electron chi connectivity index (χ1n) is 5.40. The third-order valence-electron chi connectivity index (χ3n) is 2.87. The Balaban J connectivity index is 1.72. The van der Waals surface area contributed by atoms with E-state index >= 15 is 0 Å². The monoisotopic (exact) mass is 197 g/mol. The molecule has 0 radical (unpaired) electrons. The fourth-order valence-corrected chi connectivity index (χ4v) is 1.96. The minimum atomic E-state index is 0.377. The summed E-state index contributed by atoms with van der Waals surface area (Å²) in [6, 6.07) is 0. The first-order valence-corrected chi connectivity index (χ1v) is 5.40. The molecule has 2 atom stereocenters. The minimum Gasteiger partial charge on any atom is -0.373 e. The number of hydrogen-bond acceptors (Lipinski definition) is 4. The highest BCUT2D eigenvalue weighted by Gasteiger charge is 2.22. The molecule has 0 amide bonds. The van der Waals surface area contributed by atoms with Crippen LogP contribution in [0.4, 0.5) is 0 Å². The fourth-order valence-electron chi connectivity index (χ4n) is 1.96. The summed E-state index contributed by atoms with van der Waals surface area (Å²) in [5.41, 5.74) is 0. The molecule has 4 heteroatoms. The van der Waals surface area contributed by atoms with Gasteiger partial charge in [0.2, 0.25) is 0 Å². The lowest BCUT2D eigenvalue weighted by atomic mass is 10.2. The lowest BCUT2D eigenvalue weighted by Gasteiger charge is -2.18. The molecular formula is C10H19N3O. The molecule has 2 unspecified atom stereocenters. The van der Waals surface area contributed by atoms with Crippen LogP contribution in [-0.2, 0) is 4.74 Å². The Hall–Kier alpha value is -0.770. The maximum Gasteiger partial charge on any atom is 0.193 e. The van der Waals surface area contributed by atoms with Crippen LogP contribution < -0.4 is 5.32 Å². The van der Waals surface area contributed by atoms with Crippen molar-refractivity contribution in [2.24, 2.45) is 4.99 Å². The van der Waals surface area contributed by atoms with Crippen LogP contribution in [0.2, 0.25) is 0 Å². The summed E-state index contributed by atoms with van der Waals surface area (Å²) in [6.07, 6.45) is 3.17. The van der Waals surface area contributed by atoms with Crippen LogP contribution in [0.15, 0.2) is 4.99 Å². The summed E-state index contributed by atoms with van der Waals surface area (Å²) >= 11 is 0. The van der Waals surface area contributed by atoms with Gasteiger partial charge >= 0.3 is 0 Å². The summed E-state index contributed by atoms with van der Waals surface area (Å²) in [6.45, 7) is 4.98. The standard InChI is InChI=1S/C10H19N3O/c1-8-3-4-9(14-8)7-12-10-11-5-6-13(10)2/h8-9H,3-7H2,1-2H3,(H,11,12). The van der Waals surface area contributed by atoms with Gasteiger partial charge in [-0.2, -0.15) is 0 Å². The fraction of sp³-hybridized carbons (Fsp3) is 0.900. The zero-order chi connectivity index (χ0) is 9.97. The van der Waals surface area contributed by atoms with Crippen molar-refractivity contribution < 1.29 is 4.74 Å². The van der Waals surface area contributed by atoms with Crippen molar-refractivity contribution in [1.82, 2.24) is 10.2 Å². The second-order valence-electron chi connectivity index (χ2n) is 4.15. The summed E-state index contributed by atoms with van der Waals surface area (Å²) < 4.78 is 5.72. The van der Waals surface area contributed by atoms with Gasteiger partial charge in [0.15, 0.2) is 5.96 Å². The minimum absolute atomic E-state index is 0.377. The maximum absolute atomic E-state index is 5.72. The van der Waals surface area contributed by atoms with Crippen molar-refractivity contribution in [3.05, 3.63) is 0 Å². The lowest BCUT2D eigenvalue weighted by Crippen LogP contribution is -2.39. The Bertz CT molecular complexity index is 229. The summed E-state index contributed by atoms with van der Waals surface area (Å²) in [4.78, 5) is 6.52. The van der Waals surface area contributed by atoms with Gasteiger partial charge in [-0.15, -0.1) is 0 Å². The number of hydrogen-bond donors (Lipinski definition) is 1. The molecule has 2 aliphatic heterocycles. The van der Waals surface area contributed by atoms with E-state index in [0.29, 0.717) is 12.2 Å². The number of nitrogens with zero attached hydrogens (tertiary/aromatic N) is 2. The molecule has 1 saturated heterocycles. The van der Waals surface area contributed by atoms with E-state index in [9.17, 15) is 0 Å². The van der Waals surface area contributed by atoms with E-state index in [2.05, 4.69) is 29.2 Å². The van der Waals surface area contributed by atoms with E-state index < -0.39 is 0 Å². The van der Waals surface area contributed by atoms with Crippen LogP contribution in [0.5, 0.6) is 0 Å². The smallest absolute Gasteiger partial charge is 0.193 e. The summed E-state index contributed by atoms with van der Waals surface area (Å²) in [5, 5.41) is 3.34. The van der Waals surface area contributed by atoms with Gasteiger partial charge in [0.25, 0.3) is 0 Å². The third kappa shape index (κ3) is 2.18. The van der Waals surface area contributed by atoms with Crippen molar-refractivity contribution >= 4 is 5.96 Å². The molecule has 0 spiro atoms. The lowest BCUT2D eigenvalue weighted by molar-refractivity contribution is 0.0584. The molecule has 0 saturated carbocycles. The van der Waals surface area contributed by atoms with Gasteiger partial charge in [0, 0.05) is 20.1 Å². The van der Waals surface area contributed by atoms with Crippen LogP contribution in [0.25, 0.3) is 0 Å². The SMILES string of the molecule is CC1CCC(CNC2=NCCN2C)O1. The molecule has 14 heavy (non-hydrogen) atoms. The first kappa shape index (κ1) is 9.77. The molecule has 1 fully saturated rings. The molecule has 2 rings (SSSR count). The predicted molar refractivity (Wildman–Crippen MR) is 56.5 cm³/mol. The number of ether oxygens (including phenoxy) is 1. The van der Waals surface area contributed by atoms with Gasteiger partial charge in [0.05, 0.1) is 18.8 Å². The van der Waals surface area contributed by atoms with Crippen molar-refractivity contribution in [1.29, 1.82) is 0 Å². The zero-order valence-electron chi connectivity index (χ0n) is 8.99. The van der Waals surface area contributed by atoms with Gasteiger partial charge in [-0.3, -0.25) is 4.99 Å². The number of nitrogens with one attached hydrogen (secondary N) is 1. The van der Waals surface area contributed by atoms with E-state index in [1.54, 1.807) is 0 Å².